The Kier molecular flexibility index (Phi) is 6.45. The fourth-order valence-corrected chi connectivity index (χ4v) is 3.46. The number of piperidine rings is 1. The van der Waals surface area contributed by atoms with Crippen molar-refractivity contribution in [1.82, 2.24) is 4.90 Å². The van der Waals surface area contributed by atoms with Crippen LogP contribution in [0.1, 0.15) is 54.9 Å². The standard InChI is InChI=1S/C22H27N3OS/c1-16(2)17-6-10-19(11-7-17)23-22(27)24-20-12-8-18(9-13-20)21(26)25-14-4-3-5-15-25/h6-13,16H,3-5,14-15H2,1-2H3,(H2,23,24,27). The molecule has 1 fully saturated rings. The minimum atomic E-state index is 0.118. The van der Waals surface area contributed by atoms with Crippen LogP contribution in [0.15, 0.2) is 48.5 Å². The van der Waals surface area contributed by atoms with Gasteiger partial charge in [-0.1, -0.05) is 26.0 Å². The summed E-state index contributed by atoms with van der Waals surface area (Å²) in [7, 11) is 0. The molecule has 2 aromatic carbocycles. The molecule has 0 atom stereocenters. The van der Waals surface area contributed by atoms with Crippen LogP contribution in [0.5, 0.6) is 0 Å². The van der Waals surface area contributed by atoms with Gasteiger partial charge in [0, 0.05) is 30.0 Å². The lowest BCUT2D eigenvalue weighted by molar-refractivity contribution is 0.0724. The van der Waals surface area contributed by atoms with Crippen LogP contribution >= 0.6 is 12.2 Å². The van der Waals surface area contributed by atoms with E-state index in [4.69, 9.17) is 12.2 Å². The average molecular weight is 382 g/mol. The van der Waals surface area contributed by atoms with Crippen molar-refractivity contribution in [1.29, 1.82) is 0 Å². The number of likely N-dealkylation sites (tertiary alicyclic amines) is 1. The molecule has 5 heteroatoms. The van der Waals surface area contributed by atoms with E-state index < -0.39 is 0 Å². The van der Waals surface area contributed by atoms with E-state index in [-0.39, 0.29) is 5.91 Å². The molecule has 1 aliphatic rings. The summed E-state index contributed by atoms with van der Waals surface area (Å²) in [5.41, 5.74) is 3.84. The SMILES string of the molecule is CC(C)c1ccc(NC(=S)Nc2ccc(C(=O)N3CCCCC3)cc2)cc1. The first-order chi connectivity index (χ1) is 13.0. The Morgan fingerprint density at radius 1 is 0.889 bits per heavy atom. The number of anilines is 2. The average Bonchev–Trinajstić information content (AvgIpc) is 2.69. The Hall–Kier alpha value is -2.40. The Morgan fingerprint density at radius 2 is 1.41 bits per heavy atom. The number of nitrogens with one attached hydrogen (secondary N) is 2. The molecule has 0 spiro atoms. The quantitative estimate of drug-likeness (QED) is 0.711. The molecule has 0 unspecified atom stereocenters. The maximum atomic E-state index is 12.5. The molecule has 1 heterocycles. The van der Waals surface area contributed by atoms with Gasteiger partial charge in [-0.05, 0) is 79.4 Å². The summed E-state index contributed by atoms with van der Waals surface area (Å²) in [6.07, 6.45) is 3.42. The Labute approximate surface area is 167 Å². The third-order valence-corrected chi connectivity index (χ3v) is 5.07. The second-order valence-electron chi connectivity index (χ2n) is 7.29. The zero-order valence-electron chi connectivity index (χ0n) is 16.0. The topological polar surface area (TPSA) is 44.4 Å². The first-order valence-corrected chi connectivity index (χ1v) is 10.0. The van der Waals surface area contributed by atoms with Crippen molar-refractivity contribution in [2.24, 2.45) is 0 Å². The van der Waals surface area contributed by atoms with Gasteiger partial charge in [-0.25, -0.2) is 0 Å². The summed E-state index contributed by atoms with van der Waals surface area (Å²) in [5, 5.41) is 6.89. The van der Waals surface area contributed by atoms with Gasteiger partial charge in [0.15, 0.2) is 5.11 Å². The Bertz CT molecular complexity index is 778. The molecule has 0 aliphatic carbocycles. The maximum Gasteiger partial charge on any atom is 0.253 e. The lowest BCUT2D eigenvalue weighted by atomic mass is 10.0. The van der Waals surface area contributed by atoms with E-state index in [1.807, 2.05) is 41.3 Å². The van der Waals surface area contributed by atoms with Crippen molar-refractivity contribution in [3.05, 3.63) is 59.7 Å². The van der Waals surface area contributed by atoms with Crippen LogP contribution in [-0.2, 0) is 0 Å². The third-order valence-electron chi connectivity index (χ3n) is 4.87. The number of carbonyl (C=O) groups is 1. The molecule has 3 rings (SSSR count). The van der Waals surface area contributed by atoms with Crippen LogP contribution < -0.4 is 10.6 Å². The molecule has 0 aromatic heterocycles. The molecule has 2 N–H and O–H groups in total. The first-order valence-electron chi connectivity index (χ1n) is 9.60. The van der Waals surface area contributed by atoms with Gasteiger partial charge in [0.25, 0.3) is 5.91 Å². The van der Waals surface area contributed by atoms with Gasteiger partial charge in [0.1, 0.15) is 0 Å². The van der Waals surface area contributed by atoms with Crippen molar-refractivity contribution in [3.8, 4) is 0 Å². The monoisotopic (exact) mass is 381 g/mol. The number of hydrogen-bond donors (Lipinski definition) is 2. The van der Waals surface area contributed by atoms with Crippen molar-refractivity contribution >= 4 is 34.6 Å². The van der Waals surface area contributed by atoms with E-state index in [9.17, 15) is 4.79 Å². The van der Waals surface area contributed by atoms with Gasteiger partial charge in [0.05, 0.1) is 0 Å². The molecule has 0 radical (unpaired) electrons. The van der Waals surface area contributed by atoms with E-state index >= 15 is 0 Å². The van der Waals surface area contributed by atoms with E-state index in [0.717, 1.165) is 42.9 Å². The summed E-state index contributed by atoms with van der Waals surface area (Å²) < 4.78 is 0. The van der Waals surface area contributed by atoms with Crippen molar-refractivity contribution < 1.29 is 4.79 Å². The molecule has 0 saturated carbocycles. The highest BCUT2D eigenvalue weighted by Crippen LogP contribution is 2.18. The molecular formula is C22H27N3OS. The molecule has 2 aromatic rings. The Morgan fingerprint density at radius 3 is 1.93 bits per heavy atom. The van der Waals surface area contributed by atoms with Crippen LogP contribution in [0.3, 0.4) is 0 Å². The molecule has 1 aliphatic heterocycles. The Balaban J connectivity index is 1.55. The van der Waals surface area contributed by atoms with Gasteiger partial charge < -0.3 is 15.5 Å². The fraction of sp³-hybridized carbons (Fsp3) is 0.364. The second kappa shape index (κ2) is 9.00. The zero-order chi connectivity index (χ0) is 19.2. The second-order valence-corrected chi connectivity index (χ2v) is 7.69. The summed E-state index contributed by atoms with van der Waals surface area (Å²) in [6.45, 7) is 6.08. The zero-order valence-corrected chi connectivity index (χ0v) is 16.8. The van der Waals surface area contributed by atoms with Gasteiger partial charge in [-0.15, -0.1) is 0 Å². The van der Waals surface area contributed by atoms with Crippen molar-refractivity contribution in [3.63, 3.8) is 0 Å². The highest BCUT2D eigenvalue weighted by Gasteiger charge is 2.17. The predicted molar refractivity (Wildman–Crippen MR) is 117 cm³/mol. The molecular weight excluding hydrogens is 354 g/mol. The van der Waals surface area contributed by atoms with Gasteiger partial charge in [-0.2, -0.15) is 0 Å². The van der Waals surface area contributed by atoms with E-state index in [0.29, 0.717) is 11.0 Å². The van der Waals surface area contributed by atoms with E-state index in [2.05, 4.69) is 36.6 Å². The van der Waals surface area contributed by atoms with Crippen LogP contribution in [0.4, 0.5) is 11.4 Å². The summed E-state index contributed by atoms with van der Waals surface area (Å²) in [5.74, 6) is 0.627. The normalized spacial score (nSPS) is 14.1. The summed E-state index contributed by atoms with van der Waals surface area (Å²) in [6, 6.07) is 15.8. The minimum absolute atomic E-state index is 0.118. The molecule has 142 valence electrons. The lowest BCUT2D eigenvalue weighted by Crippen LogP contribution is -2.35. The van der Waals surface area contributed by atoms with E-state index in [1.165, 1.54) is 12.0 Å². The predicted octanol–water partition coefficient (Wildman–Crippen LogP) is 5.25. The lowest BCUT2D eigenvalue weighted by Gasteiger charge is -2.26. The summed E-state index contributed by atoms with van der Waals surface area (Å²) >= 11 is 5.39. The van der Waals surface area contributed by atoms with Gasteiger partial charge in [0.2, 0.25) is 0 Å². The van der Waals surface area contributed by atoms with Gasteiger partial charge in [-0.3, -0.25) is 4.79 Å². The number of thiocarbonyl (C=S) groups is 1. The van der Waals surface area contributed by atoms with Crippen LogP contribution in [0, 0.1) is 0 Å². The summed E-state index contributed by atoms with van der Waals surface area (Å²) in [4.78, 5) is 14.5. The molecule has 0 bridgehead atoms. The number of rotatable bonds is 4. The number of nitrogens with zero attached hydrogens (tertiary/aromatic N) is 1. The van der Waals surface area contributed by atoms with Crippen LogP contribution in [0.25, 0.3) is 0 Å². The number of hydrogen-bond acceptors (Lipinski definition) is 2. The highest BCUT2D eigenvalue weighted by atomic mass is 32.1. The highest BCUT2D eigenvalue weighted by molar-refractivity contribution is 7.80. The molecule has 27 heavy (non-hydrogen) atoms. The van der Waals surface area contributed by atoms with Crippen molar-refractivity contribution in [2.75, 3.05) is 23.7 Å². The molecule has 1 amide bonds. The van der Waals surface area contributed by atoms with E-state index in [1.54, 1.807) is 0 Å². The number of benzene rings is 2. The van der Waals surface area contributed by atoms with Crippen LogP contribution in [-0.4, -0.2) is 29.0 Å². The number of amides is 1. The number of carbonyl (C=O) groups excluding carboxylic acids is 1. The van der Waals surface area contributed by atoms with Crippen molar-refractivity contribution in [2.45, 2.75) is 39.0 Å². The fourth-order valence-electron chi connectivity index (χ4n) is 3.22. The van der Waals surface area contributed by atoms with Crippen LogP contribution in [0.2, 0.25) is 0 Å². The maximum absolute atomic E-state index is 12.5. The molecule has 4 nitrogen and oxygen atoms in total. The first kappa shape index (κ1) is 19.4. The third kappa shape index (κ3) is 5.30. The molecule has 1 saturated heterocycles. The largest absolute Gasteiger partial charge is 0.339 e. The smallest absolute Gasteiger partial charge is 0.253 e. The van der Waals surface area contributed by atoms with Gasteiger partial charge >= 0.3 is 0 Å². The minimum Gasteiger partial charge on any atom is -0.339 e.